The zero-order valence-electron chi connectivity index (χ0n) is 7.30. The fourth-order valence-electron chi connectivity index (χ4n) is 1.47. The molecule has 2 rings (SSSR count). The van der Waals surface area contributed by atoms with Crippen LogP contribution in [0.5, 0.6) is 0 Å². The Morgan fingerprint density at radius 3 is 2.93 bits per heavy atom. The zero-order chi connectivity index (χ0) is 10.1. The van der Waals surface area contributed by atoms with Crippen LogP contribution in [0.4, 0.5) is 4.39 Å². The van der Waals surface area contributed by atoms with E-state index in [1.54, 1.807) is 12.1 Å². The van der Waals surface area contributed by atoms with Gasteiger partial charge in [-0.2, -0.15) is 0 Å². The summed E-state index contributed by atoms with van der Waals surface area (Å²) in [5.41, 5.74) is 5.87. The highest BCUT2D eigenvalue weighted by molar-refractivity contribution is 6.31. The van der Waals surface area contributed by atoms with Crippen LogP contribution in [0.3, 0.4) is 0 Å². The van der Waals surface area contributed by atoms with Crippen molar-refractivity contribution in [3.63, 3.8) is 0 Å². The predicted molar refractivity (Wildman–Crippen MR) is 53.8 cm³/mol. The summed E-state index contributed by atoms with van der Waals surface area (Å²) in [6, 6.07) is 4.34. The third kappa shape index (κ3) is 1.53. The van der Waals surface area contributed by atoms with Gasteiger partial charge in [0.25, 0.3) is 0 Å². The van der Waals surface area contributed by atoms with Crippen molar-refractivity contribution >= 4 is 17.6 Å². The number of nitrogens with zero attached hydrogens (tertiary/aromatic N) is 1. The molecule has 0 saturated heterocycles. The molecule has 5 heteroatoms. The Kier molecular flexibility index (Phi) is 2.29. The largest absolute Gasteiger partial charge is 0.370 e. The molecule has 0 fully saturated rings. The van der Waals surface area contributed by atoms with Crippen molar-refractivity contribution in [1.82, 2.24) is 5.32 Å². The van der Waals surface area contributed by atoms with Gasteiger partial charge in [-0.1, -0.05) is 17.7 Å². The first-order chi connectivity index (χ1) is 6.68. The highest BCUT2D eigenvalue weighted by Gasteiger charge is 2.22. The van der Waals surface area contributed by atoms with Crippen LogP contribution in [0, 0.1) is 5.82 Å². The molecule has 1 aliphatic rings. The molecule has 1 heterocycles. The summed E-state index contributed by atoms with van der Waals surface area (Å²) in [7, 11) is 0. The second kappa shape index (κ2) is 3.46. The Bertz CT molecular complexity index is 371. The van der Waals surface area contributed by atoms with Gasteiger partial charge in [-0.05, 0) is 12.1 Å². The molecule has 0 radical (unpaired) electrons. The van der Waals surface area contributed by atoms with Gasteiger partial charge in [-0.3, -0.25) is 4.99 Å². The maximum Gasteiger partial charge on any atom is 0.189 e. The Balaban J connectivity index is 2.33. The standard InChI is InChI=1S/C9H9ClFN3/c10-5-2-1-3-6(11)8(5)7-4-13-9(12)14-7/h1-3,7H,4H2,(H3,12,13,14). The van der Waals surface area contributed by atoms with Gasteiger partial charge in [0.15, 0.2) is 5.96 Å². The number of halogens is 2. The van der Waals surface area contributed by atoms with Crippen molar-refractivity contribution in [2.45, 2.75) is 6.04 Å². The minimum atomic E-state index is -0.333. The molecule has 1 atom stereocenters. The fourth-order valence-corrected chi connectivity index (χ4v) is 1.76. The molecular formula is C9H9ClFN3. The molecule has 0 spiro atoms. The first-order valence-corrected chi connectivity index (χ1v) is 4.56. The first kappa shape index (κ1) is 9.27. The third-order valence-electron chi connectivity index (χ3n) is 2.11. The number of nitrogens with one attached hydrogen (secondary N) is 1. The van der Waals surface area contributed by atoms with Gasteiger partial charge >= 0.3 is 0 Å². The lowest BCUT2D eigenvalue weighted by Gasteiger charge is -2.13. The van der Waals surface area contributed by atoms with Crippen LogP contribution in [-0.2, 0) is 0 Å². The van der Waals surface area contributed by atoms with Crippen LogP contribution in [0.15, 0.2) is 23.2 Å². The molecule has 3 N–H and O–H groups in total. The fraction of sp³-hybridized carbons (Fsp3) is 0.222. The van der Waals surface area contributed by atoms with E-state index in [0.29, 0.717) is 23.1 Å². The van der Waals surface area contributed by atoms with Crippen LogP contribution in [-0.4, -0.2) is 12.5 Å². The highest BCUT2D eigenvalue weighted by Crippen LogP contribution is 2.27. The Hall–Kier alpha value is -1.29. The van der Waals surface area contributed by atoms with Gasteiger partial charge in [0.05, 0.1) is 12.6 Å². The van der Waals surface area contributed by atoms with Crippen molar-refractivity contribution in [1.29, 1.82) is 0 Å². The molecule has 1 aliphatic heterocycles. The topological polar surface area (TPSA) is 50.4 Å². The zero-order valence-corrected chi connectivity index (χ0v) is 8.05. The summed E-state index contributed by atoms with van der Waals surface area (Å²) >= 11 is 5.89. The molecular weight excluding hydrogens is 205 g/mol. The molecule has 0 saturated carbocycles. The summed E-state index contributed by atoms with van der Waals surface area (Å²) in [5.74, 6) is -0.00535. The Morgan fingerprint density at radius 1 is 1.57 bits per heavy atom. The lowest BCUT2D eigenvalue weighted by atomic mass is 10.1. The quantitative estimate of drug-likeness (QED) is 0.742. The second-order valence-corrected chi connectivity index (χ2v) is 3.47. The van der Waals surface area contributed by atoms with E-state index in [1.807, 2.05) is 0 Å². The van der Waals surface area contributed by atoms with Crippen molar-refractivity contribution in [3.05, 3.63) is 34.6 Å². The number of aliphatic imine (C=N–C) groups is 1. The van der Waals surface area contributed by atoms with E-state index >= 15 is 0 Å². The molecule has 0 amide bonds. The number of guanidine groups is 1. The van der Waals surface area contributed by atoms with Crippen LogP contribution >= 0.6 is 11.6 Å². The molecule has 3 nitrogen and oxygen atoms in total. The summed E-state index contributed by atoms with van der Waals surface area (Å²) in [5, 5.41) is 3.25. The normalized spacial score (nSPS) is 20.4. The van der Waals surface area contributed by atoms with Crippen LogP contribution in [0.2, 0.25) is 5.02 Å². The van der Waals surface area contributed by atoms with Gasteiger partial charge < -0.3 is 11.1 Å². The van der Waals surface area contributed by atoms with Gasteiger partial charge in [0.2, 0.25) is 0 Å². The van der Waals surface area contributed by atoms with Gasteiger partial charge in [-0.15, -0.1) is 0 Å². The first-order valence-electron chi connectivity index (χ1n) is 4.19. The van der Waals surface area contributed by atoms with Crippen molar-refractivity contribution in [3.8, 4) is 0 Å². The number of benzene rings is 1. The summed E-state index contributed by atoms with van der Waals surface area (Å²) < 4.78 is 13.4. The minimum Gasteiger partial charge on any atom is -0.370 e. The lowest BCUT2D eigenvalue weighted by molar-refractivity contribution is 0.577. The second-order valence-electron chi connectivity index (χ2n) is 3.06. The molecule has 14 heavy (non-hydrogen) atoms. The molecule has 1 aromatic rings. The van der Waals surface area contributed by atoms with E-state index in [1.165, 1.54) is 6.07 Å². The Morgan fingerprint density at radius 2 is 2.36 bits per heavy atom. The summed E-state index contributed by atoms with van der Waals surface area (Å²) in [6.45, 7) is 0.423. The molecule has 74 valence electrons. The molecule has 1 unspecified atom stereocenters. The van der Waals surface area contributed by atoms with E-state index < -0.39 is 0 Å². The number of nitrogens with two attached hydrogens (primary N) is 1. The number of hydrogen-bond acceptors (Lipinski definition) is 3. The lowest BCUT2D eigenvalue weighted by Crippen LogP contribution is -2.30. The molecule has 1 aromatic carbocycles. The van der Waals surface area contributed by atoms with Crippen LogP contribution in [0.25, 0.3) is 0 Å². The molecule has 0 bridgehead atoms. The van der Waals surface area contributed by atoms with Crippen molar-refractivity contribution < 1.29 is 4.39 Å². The SMILES string of the molecule is NC1=NCC(c2c(F)cccc2Cl)N1. The monoisotopic (exact) mass is 213 g/mol. The number of rotatable bonds is 1. The highest BCUT2D eigenvalue weighted by atomic mass is 35.5. The summed E-state index contributed by atoms with van der Waals surface area (Å²) in [4.78, 5) is 3.93. The van der Waals surface area contributed by atoms with E-state index in [2.05, 4.69) is 10.3 Å². The average Bonchev–Trinajstić information content (AvgIpc) is 2.51. The van der Waals surface area contributed by atoms with E-state index in [0.717, 1.165) is 0 Å². The Labute approximate surface area is 85.8 Å². The molecule has 0 aromatic heterocycles. The maximum absolute atomic E-state index is 13.4. The van der Waals surface area contributed by atoms with E-state index in [-0.39, 0.29) is 11.9 Å². The number of hydrogen-bond donors (Lipinski definition) is 2. The van der Waals surface area contributed by atoms with Gasteiger partial charge in [0.1, 0.15) is 5.82 Å². The van der Waals surface area contributed by atoms with Gasteiger partial charge in [0, 0.05) is 10.6 Å². The maximum atomic E-state index is 13.4. The molecule has 0 aliphatic carbocycles. The van der Waals surface area contributed by atoms with Gasteiger partial charge in [-0.25, -0.2) is 4.39 Å². The van der Waals surface area contributed by atoms with Crippen molar-refractivity contribution in [2.75, 3.05) is 6.54 Å². The van der Waals surface area contributed by atoms with E-state index in [9.17, 15) is 4.39 Å². The van der Waals surface area contributed by atoms with Crippen LogP contribution in [0.1, 0.15) is 11.6 Å². The third-order valence-corrected chi connectivity index (χ3v) is 2.44. The van der Waals surface area contributed by atoms with Crippen LogP contribution < -0.4 is 11.1 Å². The minimum absolute atomic E-state index is 0.247. The van der Waals surface area contributed by atoms with E-state index in [4.69, 9.17) is 17.3 Å². The predicted octanol–water partition coefficient (Wildman–Crippen LogP) is 1.44. The van der Waals surface area contributed by atoms with Crippen molar-refractivity contribution in [2.24, 2.45) is 10.7 Å². The average molecular weight is 214 g/mol. The smallest absolute Gasteiger partial charge is 0.189 e. The summed E-state index contributed by atoms with van der Waals surface area (Å²) in [6.07, 6.45) is 0.